The Morgan fingerprint density at radius 2 is 2.05 bits per heavy atom. The van der Waals surface area contributed by atoms with Crippen molar-refractivity contribution in [2.24, 2.45) is 0 Å². The summed E-state index contributed by atoms with van der Waals surface area (Å²) in [6.45, 7) is 0.231. The van der Waals surface area contributed by atoms with Gasteiger partial charge in [0.25, 0.3) is 0 Å². The Labute approximate surface area is 115 Å². The molecule has 0 spiro atoms. The highest BCUT2D eigenvalue weighted by Crippen LogP contribution is 2.30. The number of imide groups is 1. The van der Waals surface area contributed by atoms with Crippen molar-refractivity contribution in [2.45, 2.75) is 6.42 Å². The molecule has 20 heavy (non-hydrogen) atoms. The number of rotatable bonds is 3. The zero-order valence-corrected chi connectivity index (χ0v) is 11.2. The van der Waals surface area contributed by atoms with Crippen LogP contribution in [-0.4, -0.2) is 43.7 Å². The zero-order chi connectivity index (χ0) is 14.9. The number of hydrogen-bond acceptors (Lipinski definition) is 4. The van der Waals surface area contributed by atoms with E-state index in [2.05, 4.69) is 5.32 Å². The average Bonchev–Trinajstić information content (AvgIpc) is 2.37. The van der Waals surface area contributed by atoms with Crippen molar-refractivity contribution < 1.29 is 19.5 Å². The Kier molecular flexibility index (Phi) is 3.60. The van der Waals surface area contributed by atoms with Crippen LogP contribution in [0.5, 0.6) is 0 Å². The van der Waals surface area contributed by atoms with Crippen molar-refractivity contribution in [3.05, 3.63) is 23.8 Å². The number of carbonyl (C=O) groups is 3. The predicted molar refractivity (Wildman–Crippen MR) is 73.2 cm³/mol. The molecule has 0 aromatic heterocycles. The van der Waals surface area contributed by atoms with Gasteiger partial charge in [-0.25, -0.2) is 9.59 Å². The van der Waals surface area contributed by atoms with Crippen molar-refractivity contribution in [3.8, 4) is 0 Å². The maximum Gasteiger partial charge on any atom is 0.335 e. The van der Waals surface area contributed by atoms with Gasteiger partial charge in [-0.2, -0.15) is 0 Å². The number of carboxylic acid groups (broad SMARTS) is 1. The average molecular weight is 277 g/mol. The van der Waals surface area contributed by atoms with E-state index in [1.54, 1.807) is 25.1 Å². The fourth-order valence-electron chi connectivity index (χ4n) is 2.04. The number of nitrogens with one attached hydrogen (secondary N) is 1. The molecular weight excluding hydrogens is 262 g/mol. The molecule has 7 nitrogen and oxygen atoms in total. The maximum absolute atomic E-state index is 11.9. The van der Waals surface area contributed by atoms with E-state index < -0.39 is 12.0 Å². The molecule has 7 heteroatoms. The van der Waals surface area contributed by atoms with Crippen LogP contribution >= 0.6 is 0 Å². The summed E-state index contributed by atoms with van der Waals surface area (Å²) in [6, 6.07) is 4.02. The second-order valence-corrected chi connectivity index (χ2v) is 4.66. The molecule has 1 aliphatic heterocycles. The first-order chi connectivity index (χ1) is 9.40. The summed E-state index contributed by atoms with van der Waals surface area (Å²) in [6.07, 6.45) is 0.190. The minimum Gasteiger partial charge on any atom is -0.478 e. The fourth-order valence-corrected chi connectivity index (χ4v) is 2.04. The van der Waals surface area contributed by atoms with Crippen molar-refractivity contribution in [2.75, 3.05) is 30.4 Å². The van der Waals surface area contributed by atoms with E-state index in [9.17, 15) is 14.4 Å². The number of benzene rings is 1. The van der Waals surface area contributed by atoms with E-state index in [1.165, 1.54) is 17.0 Å². The first-order valence-electron chi connectivity index (χ1n) is 6.06. The molecule has 1 fully saturated rings. The normalized spacial score (nSPS) is 15.0. The zero-order valence-electron chi connectivity index (χ0n) is 11.2. The molecule has 3 amide bonds. The Bertz CT molecular complexity index is 583. The third kappa shape index (κ3) is 2.56. The van der Waals surface area contributed by atoms with Gasteiger partial charge >= 0.3 is 12.0 Å². The van der Waals surface area contributed by atoms with Crippen molar-refractivity contribution in [3.63, 3.8) is 0 Å². The highest BCUT2D eigenvalue weighted by molar-refractivity contribution is 6.07. The molecule has 0 bridgehead atoms. The van der Waals surface area contributed by atoms with Crippen LogP contribution in [0.1, 0.15) is 16.8 Å². The van der Waals surface area contributed by atoms with E-state index >= 15 is 0 Å². The van der Waals surface area contributed by atoms with Crippen LogP contribution in [0.25, 0.3) is 0 Å². The van der Waals surface area contributed by atoms with E-state index in [1.807, 2.05) is 0 Å². The first-order valence-corrected chi connectivity index (χ1v) is 6.06. The molecule has 2 rings (SSSR count). The molecule has 0 unspecified atom stereocenters. The molecule has 1 heterocycles. The van der Waals surface area contributed by atoms with Crippen molar-refractivity contribution >= 4 is 29.3 Å². The Balaban J connectivity index is 2.47. The lowest BCUT2D eigenvalue weighted by atomic mass is 10.1. The number of urea groups is 1. The van der Waals surface area contributed by atoms with Crippen LogP contribution in [0.4, 0.5) is 16.2 Å². The molecule has 0 saturated carbocycles. The van der Waals surface area contributed by atoms with Gasteiger partial charge < -0.3 is 10.0 Å². The predicted octanol–water partition coefficient (Wildman–Crippen LogP) is 0.897. The maximum atomic E-state index is 11.9. The van der Waals surface area contributed by atoms with Gasteiger partial charge in [0.15, 0.2) is 0 Å². The molecule has 0 atom stereocenters. The minimum atomic E-state index is -1.06. The molecule has 1 aromatic rings. The monoisotopic (exact) mass is 277 g/mol. The Morgan fingerprint density at radius 1 is 1.35 bits per heavy atom. The topological polar surface area (TPSA) is 90.0 Å². The quantitative estimate of drug-likeness (QED) is 0.856. The summed E-state index contributed by atoms with van der Waals surface area (Å²) >= 11 is 0. The molecule has 1 saturated heterocycles. The summed E-state index contributed by atoms with van der Waals surface area (Å²) < 4.78 is 0. The number of hydrogen-bond donors (Lipinski definition) is 2. The molecule has 1 aromatic carbocycles. The number of carbonyl (C=O) groups excluding carboxylic acids is 2. The Morgan fingerprint density at radius 3 is 2.60 bits per heavy atom. The summed E-state index contributed by atoms with van der Waals surface area (Å²) in [4.78, 5) is 37.3. The number of carboxylic acids is 1. The van der Waals surface area contributed by atoms with Crippen LogP contribution < -0.4 is 15.1 Å². The van der Waals surface area contributed by atoms with Crippen molar-refractivity contribution in [1.82, 2.24) is 5.32 Å². The first kappa shape index (κ1) is 13.9. The minimum absolute atomic E-state index is 0.0929. The van der Waals surface area contributed by atoms with E-state index in [-0.39, 0.29) is 24.4 Å². The molecule has 0 aliphatic carbocycles. The van der Waals surface area contributed by atoms with Crippen LogP contribution in [0.2, 0.25) is 0 Å². The molecule has 1 aliphatic rings. The highest BCUT2D eigenvalue weighted by Gasteiger charge is 2.27. The van der Waals surface area contributed by atoms with Crippen LogP contribution in [0.15, 0.2) is 18.2 Å². The molecule has 106 valence electrons. The van der Waals surface area contributed by atoms with Crippen LogP contribution in [-0.2, 0) is 4.79 Å². The highest BCUT2D eigenvalue weighted by atomic mass is 16.4. The molecule has 2 N–H and O–H groups in total. The van der Waals surface area contributed by atoms with Gasteiger partial charge in [0.2, 0.25) is 5.91 Å². The van der Waals surface area contributed by atoms with Gasteiger partial charge in [0, 0.05) is 27.1 Å². The third-order valence-electron chi connectivity index (χ3n) is 3.05. The van der Waals surface area contributed by atoms with Gasteiger partial charge in [-0.3, -0.25) is 15.0 Å². The molecule has 0 radical (unpaired) electrons. The fraction of sp³-hybridized carbons (Fsp3) is 0.308. The summed E-state index contributed by atoms with van der Waals surface area (Å²) in [5.41, 5.74) is 1.27. The van der Waals surface area contributed by atoms with Crippen molar-refractivity contribution in [1.29, 1.82) is 0 Å². The van der Waals surface area contributed by atoms with Gasteiger partial charge in [0.1, 0.15) is 0 Å². The largest absolute Gasteiger partial charge is 0.478 e. The SMILES string of the molecule is CN(C)c1ccc(C(=O)O)cc1N1CCC(=O)NC1=O. The van der Waals surface area contributed by atoms with E-state index in [0.717, 1.165) is 0 Å². The van der Waals surface area contributed by atoms with Crippen LogP contribution in [0, 0.1) is 0 Å². The third-order valence-corrected chi connectivity index (χ3v) is 3.05. The lowest BCUT2D eigenvalue weighted by Crippen LogP contribution is -2.50. The number of aromatic carboxylic acids is 1. The molecular formula is C13H15N3O4. The van der Waals surface area contributed by atoms with E-state index in [4.69, 9.17) is 5.11 Å². The van der Waals surface area contributed by atoms with E-state index in [0.29, 0.717) is 11.4 Å². The van der Waals surface area contributed by atoms with Gasteiger partial charge in [-0.1, -0.05) is 0 Å². The Hall–Kier alpha value is -2.57. The van der Waals surface area contributed by atoms with Crippen LogP contribution in [0.3, 0.4) is 0 Å². The second-order valence-electron chi connectivity index (χ2n) is 4.66. The summed E-state index contributed by atoms with van der Waals surface area (Å²) in [5.74, 6) is -1.39. The van der Waals surface area contributed by atoms with Gasteiger partial charge in [-0.15, -0.1) is 0 Å². The number of amides is 3. The van der Waals surface area contributed by atoms with Gasteiger partial charge in [-0.05, 0) is 18.2 Å². The smallest absolute Gasteiger partial charge is 0.335 e. The van der Waals surface area contributed by atoms with Gasteiger partial charge in [0.05, 0.1) is 16.9 Å². The lowest BCUT2D eigenvalue weighted by Gasteiger charge is -2.30. The second kappa shape index (κ2) is 5.20. The standard InChI is InChI=1S/C13H15N3O4/c1-15(2)9-4-3-8(12(18)19)7-10(9)16-6-5-11(17)14-13(16)20/h3-4,7H,5-6H2,1-2H3,(H,18,19)(H,14,17,20). The lowest BCUT2D eigenvalue weighted by molar-refractivity contribution is -0.120. The summed E-state index contributed by atoms with van der Waals surface area (Å²) in [7, 11) is 3.60. The number of nitrogens with zero attached hydrogens (tertiary/aromatic N) is 2. The summed E-state index contributed by atoms with van der Waals surface area (Å²) in [5, 5.41) is 11.3. The number of anilines is 2.